The predicted octanol–water partition coefficient (Wildman–Crippen LogP) is 0.473. The Kier molecular flexibility index (Phi) is 2.92. The van der Waals surface area contributed by atoms with E-state index in [9.17, 15) is 18.0 Å². The number of aromatic nitrogens is 1. The van der Waals surface area contributed by atoms with Gasteiger partial charge in [-0.05, 0) is 30.8 Å². The van der Waals surface area contributed by atoms with Crippen LogP contribution in [0.1, 0.15) is 5.69 Å². The SMILES string of the molecule is Cc1cccc(S(=O)(=O)C2SC(=O)NC2=O)n1. The molecular formula is C9H8N2O4S2. The number of rotatable bonds is 2. The maximum atomic E-state index is 12.0. The lowest BCUT2D eigenvalue weighted by Crippen LogP contribution is -2.30. The predicted molar refractivity (Wildman–Crippen MR) is 61.1 cm³/mol. The lowest BCUT2D eigenvalue weighted by atomic mass is 10.4. The number of carbonyl (C=O) groups excluding carboxylic acids is 2. The molecule has 17 heavy (non-hydrogen) atoms. The third-order valence-corrected chi connectivity index (χ3v) is 5.47. The zero-order valence-corrected chi connectivity index (χ0v) is 10.3. The van der Waals surface area contributed by atoms with Crippen LogP contribution in [0.2, 0.25) is 0 Å². The van der Waals surface area contributed by atoms with Crippen LogP contribution < -0.4 is 5.32 Å². The van der Waals surface area contributed by atoms with E-state index in [1.54, 1.807) is 13.0 Å². The van der Waals surface area contributed by atoms with Crippen LogP contribution in [0.15, 0.2) is 23.2 Å². The number of imide groups is 1. The summed E-state index contributed by atoms with van der Waals surface area (Å²) in [5, 5.41) is 1.08. The molecule has 1 aliphatic heterocycles. The fourth-order valence-electron chi connectivity index (χ4n) is 1.33. The monoisotopic (exact) mass is 272 g/mol. The summed E-state index contributed by atoms with van der Waals surface area (Å²) in [5.74, 6) is -0.816. The highest BCUT2D eigenvalue weighted by molar-refractivity contribution is 8.24. The maximum absolute atomic E-state index is 12.0. The van der Waals surface area contributed by atoms with Crippen molar-refractivity contribution in [3.05, 3.63) is 23.9 Å². The Labute approximate surface area is 102 Å². The number of nitrogens with one attached hydrogen (secondary N) is 1. The van der Waals surface area contributed by atoms with Gasteiger partial charge in [0.05, 0.1) is 0 Å². The zero-order chi connectivity index (χ0) is 12.6. The van der Waals surface area contributed by atoms with E-state index in [0.717, 1.165) is 0 Å². The summed E-state index contributed by atoms with van der Waals surface area (Å²) in [7, 11) is -3.92. The average Bonchev–Trinajstić information content (AvgIpc) is 2.58. The molecule has 2 amide bonds. The van der Waals surface area contributed by atoms with Crippen LogP contribution >= 0.6 is 11.8 Å². The smallest absolute Gasteiger partial charge is 0.285 e. The Balaban J connectivity index is 2.44. The van der Waals surface area contributed by atoms with E-state index in [-0.39, 0.29) is 5.03 Å². The number of aryl methyl sites for hydroxylation is 1. The van der Waals surface area contributed by atoms with Gasteiger partial charge >= 0.3 is 0 Å². The van der Waals surface area contributed by atoms with Gasteiger partial charge in [0.1, 0.15) is 0 Å². The van der Waals surface area contributed by atoms with E-state index in [1.165, 1.54) is 12.1 Å². The van der Waals surface area contributed by atoms with Crippen LogP contribution in [0.4, 0.5) is 4.79 Å². The molecule has 6 nitrogen and oxygen atoms in total. The molecule has 1 unspecified atom stereocenters. The molecule has 0 aromatic carbocycles. The average molecular weight is 272 g/mol. The van der Waals surface area contributed by atoms with Crippen molar-refractivity contribution in [2.24, 2.45) is 0 Å². The van der Waals surface area contributed by atoms with Gasteiger partial charge in [-0.1, -0.05) is 6.07 Å². The Morgan fingerprint density at radius 3 is 2.59 bits per heavy atom. The van der Waals surface area contributed by atoms with Crippen molar-refractivity contribution in [3.63, 3.8) is 0 Å². The molecule has 0 saturated carbocycles. The molecule has 1 atom stereocenters. The van der Waals surface area contributed by atoms with Gasteiger partial charge in [-0.15, -0.1) is 0 Å². The van der Waals surface area contributed by atoms with E-state index in [0.29, 0.717) is 17.5 Å². The highest BCUT2D eigenvalue weighted by atomic mass is 32.3. The minimum absolute atomic E-state index is 0.195. The van der Waals surface area contributed by atoms with Crippen molar-refractivity contribution >= 4 is 32.7 Å². The Morgan fingerprint density at radius 2 is 2.06 bits per heavy atom. The Hall–Kier alpha value is -1.41. The summed E-state index contributed by atoms with van der Waals surface area (Å²) >= 11 is 0.454. The second-order valence-electron chi connectivity index (χ2n) is 3.39. The van der Waals surface area contributed by atoms with Crippen molar-refractivity contribution in [2.75, 3.05) is 0 Å². The highest BCUT2D eigenvalue weighted by Gasteiger charge is 2.43. The third-order valence-electron chi connectivity index (χ3n) is 2.09. The van der Waals surface area contributed by atoms with Crippen LogP contribution in [-0.2, 0) is 14.6 Å². The number of hydrogen-bond donors (Lipinski definition) is 1. The summed E-state index contributed by atoms with van der Waals surface area (Å²) in [6.07, 6.45) is 0. The summed E-state index contributed by atoms with van der Waals surface area (Å²) in [6, 6.07) is 4.49. The number of carbonyl (C=O) groups is 2. The van der Waals surface area contributed by atoms with Gasteiger partial charge in [-0.3, -0.25) is 14.9 Å². The first-order valence-corrected chi connectivity index (χ1v) is 7.03. The largest absolute Gasteiger partial charge is 0.287 e. The lowest BCUT2D eigenvalue weighted by molar-refractivity contribution is -0.117. The van der Waals surface area contributed by atoms with Crippen molar-refractivity contribution in [3.8, 4) is 0 Å². The standard InChI is InChI=1S/C9H8N2O4S2/c1-5-3-2-4-6(10-5)17(14,15)8-7(12)11-9(13)16-8/h2-4,8H,1H3,(H,11,12,13). The molecule has 1 fully saturated rings. The summed E-state index contributed by atoms with van der Waals surface area (Å²) < 4.78 is 22.7. The van der Waals surface area contributed by atoms with Gasteiger partial charge in [-0.2, -0.15) is 0 Å². The minimum atomic E-state index is -3.92. The van der Waals surface area contributed by atoms with E-state index >= 15 is 0 Å². The molecule has 1 saturated heterocycles. The first-order valence-electron chi connectivity index (χ1n) is 4.60. The van der Waals surface area contributed by atoms with Crippen LogP contribution in [0.5, 0.6) is 0 Å². The molecule has 2 rings (SSSR count). The number of amides is 2. The first-order chi connectivity index (χ1) is 7.91. The summed E-state index contributed by atoms with van der Waals surface area (Å²) in [6.45, 7) is 1.64. The molecule has 0 radical (unpaired) electrons. The lowest BCUT2D eigenvalue weighted by Gasteiger charge is -2.07. The maximum Gasteiger partial charge on any atom is 0.287 e. The third kappa shape index (κ3) is 2.18. The Morgan fingerprint density at radius 1 is 1.35 bits per heavy atom. The van der Waals surface area contributed by atoms with Crippen molar-refractivity contribution in [1.82, 2.24) is 10.3 Å². The van der Waals surface area contributed by atoms with Gasteiger partial charge in [0.2, 0.25) is 14.4 Å². The van der Waals surface area contributed by atoms with Crippen molar-refractivity contribution < 1.29 is 18.0 Å². The molecule has 0 bridgehead atoms. The number of hydrogen-bond acceptors (Lipinski definition) is 6. The van der Waals surface area contributed by atoms with Gasteiger partial charge in [0, 0.05) is 5.69 Å². The normalized spacial score (nSPS) is 20.4. The summed E-state index contributed by atoms with van der Waals surface area (Å²) in [4.78, 5) is 26.1. The first kappa shape index (κ1) is 12.1. The molecular weight excluding hydrogens is 264 g/mol. The van der Waals surface area contributed by atoms with Crippen LogP contribution in [0, 0.1) is 6.92 Å². The number of sulfone groups is 1. The number of pyridine rings is 1. The second-order valence-corrected chi connectivity index (χ2v) is 6.74. The van der Waals surface area contributed by atoms with Crippen LogP contribution in [-0.4, -0.2) is 29.1 Å². The molecule has 1 N–H and O–H groups in total. The summed E-state index contributed by atoms with van der Waals surface area (Å²) in [5.41, 5.74) is 0.529. The molecule has 8 heteroatoms. The van der Waals surface area contributed by atoms with Crippen LogP contribution in [0.3, 0.4) is 0 Å². The molecule has 1 aliphatic rings. The van der Waals surface area contributed by atoms with Crippen molar-refractivity contribution in [2.45, 2.75) is 16.5 Å². The number of thioether (sulfide) groups is 1. The van der Waals surface area contributed by atoms with E-state index < -0.39 is 25.6 Å². The quantitative estimate of drug-likeness (QED) is 0.841. The van der Waals surface area contributed by atoms with E-state index in [2.05, 4.69) is 4.98 Å². The fourth-order valence-corrected chi connectivity index (χ4v) is 4.01. The molecule has 0 spiro atoms. The van der Waals surface area contributed by atoms with Gasteiger partial charge in [-0.25, -0.2) is 13.4 Å². The molecule has 1 aromatic heterocycles. The molecule has 0 aliphatic carbocycles. The highest BCUT2D eigenvalue weighted by Crippen LogP contribution is 2.28. The van der Waals surface area contributed by atoms with Crippen molar-refractivity contribution in [1.29, 1.82) is 0 Å². The van der Waals surface area contributed by atoms with Gasteiger partial charge < -0.3 is 0 Å². The second kappa shape index (κ2) is 4.11. The van der Waals surface area contributed by atoms with E-state index in [4.69, 9.17) is 0 Å². The van der Waals surface area contributed by atoms with E-state index in [1.807, 2.05) is 5.32 Å². The Bertz CT molecular complexity index is 597. The molecule has 2 heterocycles. The minimum Gasteiger partial charge on any atom is -0.285 e. The fraction of sp³-hybridized carbons (Fsp3) is 0.222. The zero-order valence-electron chi connectivity index (χ0n) is 8.71. The van der Waals surface area contributed by atoms with Crippen LogP contribution in [0.25, 0.3) is 0 Å². The van der Waals surface area contributed by atoms with Gasteiger partial charge in [0.15, 0.2) is 5.03 Å². The number of nitrogens with zero attached hydrogens (tertiary/aromatic N) is 1. The van der Waals surface area contributed by atoms with Gasteiger partial charge in [0.25, 0.3) is 11.1 Å². The topological polar surface area (TPSA) is 93.2 Å². The molecule has 1 aromatic rings. The molecule has 90 valence electrons.